The summed E-state index contributed by atoms with van der Waals surface area (Å²) in [5.41, 5.74) is 2.47. The molecule has 3 heterocycles. The average Bonchev–Trinajstić information content (AvgIpc) is 3.43. The van der Waals surface area contributed by atoms with E-state index in [0.717, 1.165) is 35.6 Å². The van der Waals surface area contributed by atoms with Crippen molar-refractivity contribution in [2.24, 2.45) is 0 Å². The fourth-order valence-corrected chi connectivity index (χ4v) is 4.76. The van der Waals surface area contributed by atoms with Crippen molar-refractivity contribution in [3.8, 4) is 5.69 Å². The first-order valence-corrected chi connectivity index (χ1v) is 10.1. The van der Waals surface area contributed by atoms with E-state index in [4.69, 9.17) is 4.98 Å². The Morgan fingerprint density at radius 1 is 1.14 bits per heavy atom. The van der Waals surface area contributed by atoms with Gasteiger partial charge in [0.1, 0.15) is 6.33 Å². The zero-order chi connectivity index (χ0) is 18.9. The minimum absolute atomic E-state index is 0.0423. The summed E-state index contributed by atoms with van der Waals surface area (Å²) in [6.07, 6.45) is 3.57. The predicted octanol–water partition coefficient (Wildman–Crippen LogP) is 3.29. The van der Waals surface area contributed by atoms with E-state index < -0.39 is 0 Å². The monoisotopic (exact) mass is 390 g/mol. The molecule has 4 aromatic rings. The number of aromatic nitrogens is 5. The molecule has 7 nitrogen and oxygen atoms in total. The van der Waals surface area contributed by atoms with Gasteiger partial charge in [-0.15, -0.1) is 16.4 Å². The molecule has 5 rings (SSSR count). The second-order valence-electron chi connectivity index (χ2n) is 6.91. The van der Waals surface area contributed by atoms with Gasteiger partial charge in [-0.2, -0.15) is 0 Å². The summed E-state index contributed by atoms with van der Waals surface area (Å²) in [7, 11) is 0. The molecule has 2 aromatic heterocycles. The number of likely N-dealkylation sites (tertiary alicyclic amines) is 1. The molecule has 1 atom stereocenters. The van der Waals surface area contributed by atoms with E-state index in [1.807, 2.05) is 47.4 Å². The molecule has 140 valence electrons. The van der Waals surface area contributed by atoms with Gasteiger partial charge < -0.3 is 4.90 Å². The van der Waals surface area contributed by atoms with E-state index in [2.05, 4.69) is 21.6 Å². The summed E-state index contributed by atoms with van der Waals surface area (Å²) in [5.74, 6) is 0.332. The Kier molecular flexibility index (Phi) is 4.32. The van der Waals surface area contributed by atoms with Gasteiger partial charge in [0, 0.05) is 24.6 Å². The zero-order valence-electron chi connectivity index (χ0n) is 15.1. The van der Waals surface area contributed by atoms with Crippen molar-refractivity contribution in [1.82, 2.24) is 30.1 Å². The normalized spacial score (nSPS) is 17.1. The van der Waals surface area contributed by atoms with Crippen molar-refractivity contribution in [3.05, 3.63) is 65.4 Å². The third kappa shape index (κ3) is 3.16. The van der Waals surface area contributed by atoms with Crippen LogP contribution >= 0.6 is 11.3 Å². The van der Waals surface area contributed by atoms with Crippen molar-refractivity contribution in [2.45, 2.75) is 18.8 Å². The van der Waals surface area contributed by atoms with Crippen molar-refractivity contribution in [3.63, 3.8) is 0 Å². The van der Waals surface area contributed by atoms with Crippen molar-refractivity contribution >= 4 is 27.5 Å². The number of carbonyl (C=O) groups excluding carboxylic acids is 1. The maximum Gasteiger partial charge on any atom is 0.253 e. The van der Waals surface area contributed by atoms with Crippen LogP contribution in [0.15, 0.2) is 54.9 Å². The largest absolute Gasteiger partial charge is 0.338 e. The predicted molar refractivity (Wildman–Crippen MR) is 107 cm³/mol. The molecule has 2 aromatic carbocycles. The molecule has 28 heavy (non-hydrogen) atoms. The fraction of sp³-hybridized carbons (Fsp3) is 0.250. The fourth-order valence-electron chi connectivity index (χ4n) is 3.67. The van der Waals surface area contributed by atoms with E-state index in [9.17, 15) is 4.79 Å². The summed E-state index contributed by atoms with van der Waals surface area (Å²) >= 11 is 1.74. The first-order valence-electron chi connectivity index (χ1n) is 9.26. The maximum atomic E-state index is 13.1. The standard InChI is InChI=1S/C20H18N6OS/c27-20(14-5-3-7-16(11-14)26-13-21-23-24-26)25-10-4-6-15(12-25)19-22-17-8-1-2-9-18(17)28-19/h1-3,5,7-9,11,13,15H,4,6,10,12H2. The van der Waals surface area contributed by atoms with Crippen LogP contribution in [0, 0.1) is 0 Å². The van der Waals surface area contributed by atoms with Crippen molar-refractivity contribution < 1.29 is 4.79 Å². The molecule has 0 N–H and O–H groups in total. The number of benzene rings is 2. The number of para-hydroxylation sites is 1. The molecule has 0 bridgehead atoms. The number of rotatable bonds is 3. The maximum absolute atomic E-state index is 13.1. The lowest BCUT2D eigenvalue weighted by Gasteiger charge is -2.32. The molecule has 0 saturated carbocycles. The Bertz CT molecular complexity index is 1090. The molecule has 1 aliphatic rings. The Morgan fingerprint density at radius 2 is 2.07 bits per heavy atom. The number of hydrogen-bond donors (Lipinski definition) is 0. The summed E-state index contributed by atoms with van der Waals surface area (Å²) in [6, 6.07) is 15.6. The van der Waals surface area contributed by atoms with Gasteiger partial charge in [0.05, 0.1) is 20.9 Å². The minimum Gasteiger partial charge on any atom is -0.338 e. The van der Waals surface area contributed by atoms with Crippen LogP contribution in [0.3, 0.4) is 0 Å². The molecule has 1 fully saturated rings. The summed E-state index contributed by atoms with van der Waals surface area (Å²) in [5, 5.41) is 12.3. The summed E-state index contributed by atoms with van der Waals surface area (Å²) in [6.45, 7) is 1.48. The number of tetrazole rings is 1. The van der Waals surface area contributed by atoms with E-state index in [-0.39, 0.29) is 11.8 Å². The number of carbonyl (C=O) groups is 1. The highest BCUT2D eigenvalue weighted by molar-refractivity contribution is 7.18. The molecule has 8 heteroatoms. The van der Waals surface area contributed by atoms with E-state index in [1.54, 1.807) is 16.0 Å². The van der Waals surface area contributed by atoms with Gasteiger partial charge in [-0.1, -0.05) is 18.2 Å². The number of thiazole rings is 1. The third-order valence-corrected chi connectivity index (χ3v) is 6.27. The average molecular weight is 390 g/mol. The van der Waals surface area contributed by atoms with Gasteiger partial charge in [0.2, 0.25) is 0 Å². The van der Waals surface area contributed by atoms with E-state index in [0.29, 0.717) is 12.1 Å². The number of amides is 1. The molecular weight excluding hydrogens is 372 g/mol. The Balaban J connectivity index is 1.37. The van der Waals surface area contributed by atoms with Gasteiger partial charge in [-0.25, -0.2) is 9.67 Å². The van der Waals surface area contributed by atoms with Gasteiger partial charge in [-0.3, -0.25) is 4.79 Å². The van der Waals surface area contributed by atoms with Gasteiger partial charge in [-0.05, 0) is 53.6 Å². The number of fused-ring (bicyclic) bond motifs is 1. The quantitative estimate of drug-likeness (QED) is 0.536. The third-order valence-electron chi connectivity index (χ3n) is 5.07. The lowest BCUT2D eigenvalue weighted by atomic mass is 9.98. The molecule has 0 aliphatic carbocycles. The first-order chi connectivity index (χ1) is 13.8. The highest BCUT2D eigenvalue weighted by Crippen LogP contribution is 2.33. The van der Waals surface area contributed by atoms with Gasteiger partial charge >= 0.3 is 0 Å². The van der Waals surface area contributed by atoms with Crippen LogP contribution in [-0.2, 0) is 0 Å². The second kappa shape index (κ2) is 7.12. The SMILES string of the molecule is O=C(c1cccc(-n2cnnn2)c1)N1CCCC(c2nc3ccccc3s2)C1. The molecule has 1 amide bonds. The molecule has 0 spiro atoms. The van der Waals surface area contributed by atoms with Crippen LogP contribution in [0.1, 0.15) is 34.1 Å². The van der Waals surface area contributed by atoms with Crippen LogP contribution in [-0.4, -0.2) is 49.1 Å². The number of hydrogen-bond acceptors (Lipinski definition) is 6. The molecule has 1 unspecified atom stereocenters. The summed E-state index contributed by atoms with van der Waals surface area (Å²) in [4.78, 5) is 19.9. The van der Waals surface area contributed by atoms with Crippen LogP contribution in [0.2, 0.25) is 0 Å². The Labute approximate surface area is 165 Å². The van der Waals surface area contributed by atoms with Crippen LogP contribution in [0.25, 0.3) is 15.9 Å². The van der Waals surface area contributed by atoms with Crippen LogP contribution < -0.4 is 0 Å². The minimum atomic E-state index is 0.0423. The topological polar surface area (TPSA) is 76.8 Å². The second-order valence-corrected chi connectivity index (χ2v) is 7.98. The van der Waals surface area contributed by atoms with Crippen LogP contribution in [0.5, 0.6) is 0 Å². The highest BCUT2D eigenvalue weighted by atomic mass is 32.1. The van der Waals surface area contributed by atoms with Gasteiger partial charge in [0.25, 0.3) is 5.91 Å². The van der Waals surface area contributed by atoms with E-state index in [1.165, 1.54) is 11.0 Å². The first kappa shape index (κ1) is 17.0. The van der Waals surface area contributed by atoms with Crippen LogP contribution in [0.4, 0.5) is 0 Å². The van der Waals surface area contributed by atoms with Gasteiger partial charge in [0.15, 0.2) is 0 Å². The van der Waals surface area contributed by atoms with Crippen molar-refractivity contribution in [1.29, 1.82) is 0 Å². The lowest BCUT2D eigenvalue weighted by Crippen LogP contribution is -2.39. The van der Waals surface area contributed by atoms with E-state index >= 15 is 0 Å². The summed E-state index contributed by atoms with van der Waals surface area (Å²) < 4.78 is 2.76. The molecule has 1 saturated heterocycles. The zero-order valence-corrected chi connectivity index (χ0v) is 15.9. The molecule has 1 aliphatic heterocycles. The lowest BCUT2D eigenvalue weighted by molar-refractivity contribution is 0.0707. The highest BCUT2D eigenvalue weighted by Gasteiger charge is 2.27. The number of nitrogens with zero attached hydrogens (tertiary/aromatic N) is 6. The van der Waals surface area contributed by atoms with Crippen molar-refractivity contribution in [2.75, 3.05) is 13.1 Å². The Hall–Kier alpha value is -3.13. The smallest absolute Gasteiger partial charge is 0.253 e. The Morgan fingerprint density at radius 3 is 2.93 bits per heavy atom. The molecule has 0 radical (unpaired) electrons. The number of piperidine rings is 1. The molecular formula is C20H18N6OS.